The van der Waals surface area contributed by atoms with Gasteiger partial charge in [0.1, 0.15) is 5.82 Å². The number of amides is 3. The molecule has 0 spiro atoms. The molecule has 168 valence electrons. The van der Waals surface area contributed by atoms with Crippen LogP contribution in [-0.2, 0) is 20.9 Å². The number of nitrogens with one attached hydrogen (secondary N) is 2. The highest BCUT2D eigenvalue weighted by Gasteiger charge is 2.47. The van der Waals surface area contributed by atoms with E-state index in [0.717, 1.165) is 12.8 Å². The molecule has 0 radical (unpaired) electrons. The average molecular weight is 439 g/mol. The number of hydrogen-bond acceptors (Lipinski definition) is 4. The van der Waals surface area contributed by atoms with Crippen LogP contribution in [0.3, 0.4) is 0 Å². The minimum absolute atomic E-state index is 0.0548. The highest BCUT2D eigenvalue weighted by Crippen LogP contribution is 2.35. The second-order valence-corrected chi connectivity index (χ2v) is 8.22. The van der Waals surface area contributed by atoms with Gasteiger partial charge < -0.3 is 15.4 Å². The Morgan fingerprint density at radius 2 is 1.91 bits per heavy atom. The van der Waals surface area contributed by atoms with Gasteiger partial charge in [0.15, 0.2) is 12.1 Å². The van der Waals surface area contributed by atoms with Crippen LogP contribution in [0.5, 0.6) is 0 Å². The Bertz CT molecular complexity index is 1010. The molecular weight excluding hydrogens is 413 g/mol. The van der Waals surface area contributed by atoms with Gasteiger partial charge in [0.05, 0.1) is 6.54 Å². The van der Waals surface area contributed by atoms with Crippen LogP contribution < -0.4 is 10.6 Å². The summed E-state index contributed by atoms with van der Waals surface area (Å²) in [4.78, 5) is 38.8. The molecule has 3 amide bonds. The lowest BCUT2D eigenvalue weighted by atomic mass is 10.00. The smallest absolute Gasteiger partial charge is 0.411 e. The number of halogens is 1. The minimum Gasteiger partial charge on any atom is -0.438 e. The van der Waals surface area contributed by atoms with Crippen molar-refractivity contribution in [2.75, 3.05) is 11.9 Å². The molecule has 2 aromatic carbocycles. The fraction of sp³-hybridized carbons (Fsp3) is 0.375. The highest BCUT2D eigenvalue weighted by atomic mass is 19.1. The van der Waals surface area contributed by atoms with Crippen molar-refractivity contribution in [3.8, 4) is 0 Å². The predicted octanol–water partition coefficient (Wildman–Crippen LogP) is 3.76. The summed E-state index contributed by atoms with van der Waals surface area (Å²) >= 11 is 0. The highest BCUT2D eigenvalue weighted by molar-refractivity contribution is 5.91. The molecule has 2 aromatic rings. The van der Waals surface area contributed by atoms with E-state index in [1.807, 2.05) is 0 Å². The molecule has 1 saturated heterocycles. The maximum atomic E-state index is 13.7. The Hall–Kier alpha value is -3.42. The predicted molar refractivity (Wildman–Crippen MR) is 116 cm³/mol. The zero-order valence-corrected chi connectivity index (χ0v) is 17.8. The van der Waals surface area contributed by atoms with Gasteiger partial charge in [-0.25, -0.2) is 9.18 Å². The number of benzene rings is 2. The van der Waals surface area contributed by atoms with Gasteiger partial charge in [0, 0.05) is 18.7 Å². The molecule has 2 unspecified atom stereocenters. The Morgan fingerprint density at radius 3 is 2.56 bits per heavy atom. The first-order valence-electron chi connectivity index (χ1n) is 10.8. The summed E-state index contributed by atoms with van der Waals surface area (Å²) in [6, 6.07) is 11.9. The molecule has 2 N–H and O–H groups in total. The van der Waals surface area contributed by atoms with Gasteiger partial charge in [0.2, 0.25) is 11.8 Å². The van der Waals surface area contributed by atoms with E-state index in [4.69, 9.17) is 4.74 Å². The van der Waals surface area contributed by atoms with Crippen LogP contribution in [0.2, 0.25) is 0 Å². The number of ether oxygens (including phenoxy) is 1. The summed E-state index contributed by atoms with van der Waals surface area (Å²) in [6.45, 7) is 2.38. The molecule has 2 atom stereocenters. The number of nitrogens with zero attached hydrogens (tertiary/aromatic N) is 1. The second-order valence-electron chi connectivity index (χ2n) is 8.22. The number of carbonyl (C=O) groups is 3. The summed E-state index contributed by atoms with van der Waals surface area (Å²) < 4.78 is 19.3. The monoisotopic (exact) mass is 439 g/mol. The van der Waals surface area contributed by atoms with E-state index < -0.39 is 24.1 Å². The number of carbonyl (C=O) groups excluding carboxylic acids is 3. The molecule has 7 nitrogen and oxygen atoms in total. The number of hydrogen-bond donors (Lipinski definition) is 2. The molecule has 1 aliphatic carbocycles. The van der Waals surface area contributed by atoms with Crippen molar-refractivity contribution >= 4 is 23.6 Å². The van der Waals surface area contributed by atoms with E-state index in [1.54, 1.807) is 43.3 Å². The molecule has 1 heterocycles. The molecule has 2 fully saturated rings. The van der Waals surface area contributed by atoms with Crippen LogP contribution >= 0.6 is 0 Å². The maximum Gasteiger partial charge on any atom is 0.411 e. The number of rotatable bonds is 8. The Morgan fingerprint density at radius 1 is 1.16 bits per heavy atom. The fourth-order valence-corrected chi connectivity index (χ4v) is 3.72. The molecule has 0 bridgehead atoms. The van der Waals surface area contributed by atoms with E-state index in [1.165, 1.54) is 17.0 Å². The fourth-order valence-electron chi connectivity index (χ4n) is 3.72. The zero-order chi connectivity index (χ0) is 22.7. The molecule has 4 rings (SSSR count). The van der Waals surface area contributed by atoms with Crippen molar-refractivity contribution in [3.63, 3.8) is 0 Å². The van der Waals surface area contributed by atoms with Gasteiger partial charge in [-0.1, -0.05) is 31.2 Å². The minimum atomic E-state index is -0.888. The Balaban J connectivity index is 1.57. The molecule has 0 aromatic heterocycles. The van der Waals surface area contributed by atoms with E-state index in [-0.39, 0.29) is 18.4 Å². The van der Waals surface area contributed by atoms with Crippen molar-refractivity contribution < 1.29 is 23.5 Å². The van der Waals surface area contributed by atoms with Crippen molar-refractivity contribution in [2.45, 2.75) is 44.9 Å². The maximum absolute atomic E-state index is 13.7. The molecule has 2 aliphatic rings. The normalized spacial score (nSPS) is 20.1. The van der Waals surface area contributed by atoms with E-state index in [0.29, 0.717) is 35.7 Å². The third-order valence-electron chi connectivity index (χ3n) is 5.70. The molecule has 1 saturated carbocycles. The SMILES string of the molecule is CCC(=O)Nc1ccc(C2OC(=O)N(Cc3cccc(F)c3)C2C(=O)NCC2CC2)cc1. The van der Waals surface area contributed by atoms with Crippen molar-refractivity contribution in [2.24, 2.45) is 5.92 Å². The van der Waals surface area contributed by atoms with E-state index in [2.05, 4.69) is 10.6 Å². The van der Waals surface area contributed by atoms with Crippen molar-refractivity contribution in [1.82, 2.24) is 10.2 Å². The van der Waals surface area contributed by atoms with Crippen LogP contribution in [0.25, 0.3) is 0 Å². The first-order valence-corrected chi connectivity index (χ1v) is 10.8. The van der Waals surface area contributed by atoms with Gasteiger partial charge >= 0.3 is 6.09 Å². The third kappa shape index (κ3) is 5.07. The molecular formula is C24H26FN3O4. The topological polar surface area (TPSA) is 87.7 Å². The lowest BCUT2D eigenvalue weighted by molar-refractivity contribution is -0.126. The molecule has 8 heteroatoms. The average Bonchev–Trinajstić information content (AvgIpc) is 3.56. The van der Waals surface area contributed by atoms with Crippen LogP contribution in [0.4, 0.5) is 14.9 Å². The summed E-state index contributed by atoms with van der Waals surface area (Å²) in [5.74, 6) is -0.337. The van der Waals surface area contributed by atoms with Gasteiger partial charge in [0.25, 0.3) is 0 Å². The quantitative estimate of drug-likeness (QED) is 0.656. The van der Waals surface area contributed by atoms with Crippen molar-refractivity contribution in [1.29, 1.82) is 0 Å². The van der Waals surface area contributed by atoms with Crippen molar-refractivity contribution in [3.05, 3.63) is 65.5 Å². The number of cyclic esters (lactones) is 1. The summed E-state index contributed by atoms with van der Waals surface area (Å²) in [5, 5.41) is 5.70. The van der Waals surface area contributed by atoms with E-state index >= 15 is 0 Å². The zero-order valence-electron chi connectivity index (χ0n) is 17.8. The standard InChI is InChI=1S/C24H26FN3O4/c1-2-20(29)27-19-10-8-17(9-11-19)22-21(23(30)26-13-15-6-7-15)28(24(31)32-22)14-16-4-3-5-18(25)12-16/h3-5,8-12,15,21-22H,2,6-7,13-14H2,1H3,(H,26,30)(H,27,29). The summed E-state index contributed by atoms with van der Waals surface area (Å²) in [5.41, 5.74) is 1.83. The lowest BCUT2D eigenvalue weighted by Crippen LogP contribution is -2.46. The molecule has 1 aliphatic heterocycles. The van der Waals surface area contributed by atoms with Crippen LogP contribution in [0.15, 0.2) is 48.5 Å². The van der Waals surface area contributed by atoms with Gasteiger partial charge in [-0.2, -0.15) is 0 Å². The van der Waals surface area contributed by atoms with Gasteiger partial charge in [-0.05, 0) is 54.2 Å². The lowest BCUT2D eigenvalue weighted by Gasteiger charge is -2.24. The first kappa shape index (κ1) is 21.8. The Labute approximate surface area is 185 Å². The Kier molecular flexibility index (Phi) is 6.39. The van der Waals surface area contributed by atoms with Gasteiger partial charge in [-0.15, -0.1) is 0 Å². The van der Waals surface area contributed by atoms with Crippen LogP contribution in [0.1, 0.15) is 43.4 Å². The largest absolute Gasteiger partial charge is 0.438 e. The summed E-state index contributed by atoms with van der Waals surface area (Å²) in [7, 11) is 0. The molecule has 32 heavy (non-hydrogen) atoms. The summed E-state index contributed by atoms with van der Waals surface area (Å²) in [6.07, 6.45) is 1.09. The van der Waals surface area contributed by atoms with E-state index in [9.17, 15) is 18.8 Å². The third-order valence-corrected chi connectivity index (χ3v) is 5.70. The van der Waals surface area contributed by atoms with Crippen LogP contribution in [0, 0.1) is 11.7 Å². The number of anilines is 1. The van der Waals surface area contributed by atoms with Gasteiger partial charge in [-0.3, -0.25) is 14.5 Å². The second kappa shape index (κ2) is 9.38. The first-order chi connectivity index (χ1) is 15.4. The van der Waals surface area contributed by atoms with Crippen LogP contribution in [-0.4, -0.2) is 35.4 Å².